The van der Waals surface area contributed by atoms with Gasteiger partial charge in [-0.2, -0.15) is 0 Å². The van der Waals surface area contributed by atoms with E-state index in [0.717, 1.165) is 0 Å². The second-order valence-electron chi connectivity index (χ2n) is 0. The van der Waals surface area contributed by atoms with Crippen LogP contribution in [0.2, 0.25) is 0 Å². The molecule has 0 aliphatic heterocycles. The van der Waals surface area contributed by atoms with Crippen molar-refractivity contribution < 1.29 is 52.7 Å². The Kier molecular flexibility index (Phi) is 137. The molecule has 0 fully saturated rings. The third-order valence-corrected chi connectivity index (χ3v) is 0. The van der Waals surface area contributed by atoms with Crippen LogP contribution in [0, 0.1) is 41.7 Å². The van der Waals surface area contributed by atoms with E-state index in [4.69, 9.17) is 0 Å². The molecule has 4 heteroatoms. The molecule has 2 nitrogen and oxygen atoms in total. The van der Waals surface area contributed by atoms with Gasteiger partial charge in [-0.05, 0) is 0 Å². The van der Waals surface area contributed by atoms with E-state index < -0.39 is 0 Å². The van der Waals surface area contributed by atoms with Gasteiger partial charge in [-0.3, -0.25) is 0 Å². The van der Waals surface area contributed by atoms with Gasteiger partial charge in [-0.25, -0.2) is 0 Å². The Bertz CT molecular complexity index is 6.00. The van der Waals surface area contributed by atoms with Crippen molar-refractivity contribution in [1.82, 2.24) is 0 Å². The van der Waals surface area contributed by atoms with Crippen LogP contribution >= 0.6 is 0 Å². The Balaban J connectivity index is 0. The van der Waals surface area contributed by atoms with Gasteiger partial charge in [-0.15, -0.1) is 0 Å². The smallest absolute Gasteiger partial charge is 2.00 e. The van der Waals surface area contributed by atoms with Crippen molar-refractivity contribution in [3.05, 3.63) is 0 Å². The molecular formula is CaCeO2. The first-order chi connectivity index (χ1) is 0. The average molecular weight is 212 g/mol. The maximum Gasteiger partial charge on any atom is 4.00 e. The largest absolute Gasteiger partial charge is 4.00 e. The van der Waals surface area contributed by atoms with Gasteiger partial charge in [0, 0.05) is 37.7 Å². The summed E-state index contributed by atoms with van der Waals surface area (Å²) in [5, 5.41) is 0. The Hall–Kier alpha value is 2.56. The molecule has 0 aromatic heterocycles. The monoisotopic (exact) mass is 212 g/mol. The van der Waals surface area contributed by atoms with Crippen molar-refractivity contribution in [1.29, 1.82) is 0 Å². The molecule has 0 rings (SSSR count). The minimum atomic E-state index is 0. The van der Waals surface area contributed by atoms with Crippen LogP contribution in [0.1, 0.15) is 0 Å². The van der Waals surface area contributed by atoms with Crippen LogP contribution < -0.4 is 0 Å². The number of hydrogen-bond acceptors (Lipinski definition) is 0. The standard InChI is InChI=1S/Ca.Ce.2O/q;+4;2*-2. The molecule has 0 amide bonds. The molecule has 0 saturated carbocycles. The summed E-state index contributed by atoms with van der Waals surface area (Å²) in [6.45, 7) is 0. The fraction of sp³-hybridized carbons (Fsp3) is 0. The molecule has 0 aromatic carbocycles. The quantitative estimate of drug-likeness (QED) is 0.481. The van der Waals surface area contributed by atoms with Gasteiger partial charge < -0.3 is 11.0 Å². The van der Waals surface area contributed by atoms with E-state index in [2.05, 4.69) is 0 Å². The van der Waals surface area contributed by atoms with Gasteiger partial charge in [0.1, 0.15) is 0 Å². The molecule has 18 valence electrons. The van der Waals surface area contributed by atoms with Crippen LogP contribution in [0.15, 0.2) is 0 Å². The molecule has 0 N–H and O–H groups in total. The normalized spacial score (nSPS) is 0. The van der Waals surface area contributed by atoms with E-state index in [1.807, 2.05) is 0 Å². The summed E-state index contributed by atoms with van der Waals surface area (Å²) in [5.74, 6) is 0. The van der Waals surface area contributed by atoms with Crippen molar-refractivity contribution in [2.45, 2.75) is 0 Å². The van der Waals surface area contributed by atoms with E-state index in [1.165, 1.54) is 0 Å². The van der Waals surface area contributed by atoms with Crippen molar-refractivity contribution in [3.8, 4) is 0 Å². The number of hydrogen-bond donors (Lipinski definition) is 0. The Labute approximate surface area is 88.3 Å². The second kappa shape index (κ2) is 17.7. The summed E-state index contributed by atoms with van der Waals surface area (Å²) < 4.78 is 0. The summed E-state index contributed by atoms with van der Waals surface area (Å²) in [4.78, 5) is 0. The van der Waals surface area contributed by atoms with Crippen LogP contribution in [0.4, 0.5) is 0 Å². The zero-order chi connectivity index (χ0) is 0. The van der Waals surface area contributed by atoms with Crippen molar-refractivity contribution in [2.24, 2.45) is 0 Å². The molecular weight excluding hydrogens is 212 g/mol. The van der Waals surface area contributed by atoms with Crippen LogP contribution in [-0.4, -0.2) is 37.7 Å². The Morgan fingerprint density at radius 2 is 0.750 bits per heavy atom. The topological polar surface area (TPSA) is 57.0 Å². The second-order valence-corrected chi connectivity index (χ2v) is 0. The fourth-order valence-electron chi connectivity index (χ4n) is 0. The summed E-state index contributed by atoms with van der Waals surface area (Å²) >= 11 is 0. The molecule has 0 heterocycles. The average Bonchev–Trinajstić information content (AvgIpc) is 0. The summed E-state index contributed by atoms with van der Waals surface area (Å²) in [7, 11) is 0. The minimum Gasteiger partial charge on any atom is -2.00 e. The molecule has 0 saturated heterocycles. The minimum absolute atomic E-state index is 0. The molecule has 0 aliphatic rings. The SMILES string of the molecule is [Ca].[Ce+4].[O-2].[O-2]. The van der Waals surface area contributed by atoms with Crippen LogP contribution in [0.3, 0.4) is 0 Å². The van der Waals surface area contributed by atoms with E-state index >= 15 is 0 Å². The summed E-state index contributed by atoms with van der Waals surface area (Å²) in [6.07, 6.45) is 0. The predicted molar refractivity (Wildman–Crippen MR) is 7.13 cm³/mol. The summed E-state index contributed by atoms with van der Waals surface area (Å²) in [5.41, 5.74) is 0. The summed E-state index contributed by atoms with van der Waals surface area (Å²) in [6, 6.07) is 0. The maximum atomic E-state index is 0. The van der Waals surface area contributed by atoms with E-state index in [1.54, 1.807) is 0 Å². The Morgan fingerprint density at radius 3 is 0.750 bits per heavy atom. The molecule has 0 atom stereocenters. The van der Waals surface area contributed by atoms with Gasteiger partial charge in [0.2, 0.25) is 0 Å². The zero-order valence-electron chi connectivity index (χ0n) is 2.02. The molecule has 0 unspecified atom stereocenters. The van der Waals surface area contributed by atoms with Gasteiger partial charge in [0.15, 0.2) is 0 Å². The third-order valence-electron chi connectivity index (χ3n) is 0. The number of rotatable bonds is 0. The maximum absolute atomic E-state index is 0. The molecule has 2 radical (unpaired) electrons. The van der Waals surface area contributed by atoms with E-state index in [9.17, 15) is 0 Å². The van der Waals surface area contributed by atoms with Gasteiger partial charge in [0.25, 0.3) is 0 Å². The van der Waals surface area contributed by atoms with E-state index in [-0.39, 0.29) is 90.4 Å². The molecule has 0 bridgehead atoms. The van der Waals surface area contributed by atoms with Crippen LogP contribution in [-0.2, 0) is 11.0 Å². The van der Waals surface area contributed by atoms with Crippen molar-refractivity contribution in [3.63, 3.8) is 0 Å². The molecule has 0 spiro atoms. The first-order valence-electron chi connectivity index (χ1n) is 0. The first-order valence-corrected chi connectivity index (χ1v) is 0. The molecule has 0 aliphatic carbocycles. The van der Waals surface area contributed by atoms with E-state index in [0.29, 0.717) is 0 Å². The van der Waals surface area contributed by atoms with Gasteiger partial charge in [-0.1, -0.05) is 0 Å². The van der Waals surface area contributed by atoms with Crippen LogP contribution in [0.5, 0.6) is 0 Å². The van der Waals surface area contributed by atoms with Crippen molar-refractivity contribution in [2.75, 3.05) is 0 Å². The third kappa shape index (κ3) is 8.82. The van der Waals surface area contributed by atoms with Crippen molar-refractivity contribution >= 4 is 37.7 Å². The van der Waals surface area contributed by atoms with Crippen LogP contribution in [0.25, 0.3) is 0 Å². The Morgan fingerprint density at radius 1 is 0.750 bits per heavy atom. The van der Waals surface area contributed by atoms with Gasteiger partial charge >= 0.3 is 41.7 Å². The predicted octanol–water partition coefficient (Wildman–Crippen LogP) is -0.618. The molecule has 0 aromatic rings. The first kappa shape index (κ1) is 31.0. The zero-order valence-corrected chi connectivity index (χ0v) is 7.37. The molecule has 4 heavy (non-hydrogen) atoms. The van der Waals surface area contributed by atoms with Gasteiger partial charge in [0.05, 0.1) is 0 Å². The fourth-order valence-corrected chi connectivity index (χ4v) is 0.